The van der Waals surface area contributed by atoms with E-state index in [9.17, 15) is 0 Å². The molecule has 6 heteroatoms. The number of hydrogen-bond donors (Lipinski definition) is 0. The smallest absolute Gasteiger partial charge is 0.230 e. The second-order valence-corrected chi connectivity index (χ2v) is 5.21. The van der Waals surface area contributed by atoms with Crippen molar-refractivity contribution in [3.63, 3.8) is 0 Å². The Hall–Kier alpha value is -1.39. The van der Waals surface area contributed by atoms with Crippen molar-refractivity contribution in [1.29, 1.82) is 0 Å². The minimum absolute atomic E-state index is 0.215. The van der Waals surface area contributed by atoms with Crippen molar-refractivity contribution in [1.82, 2.24) is 15.0 Å². The summed E-state index contributed by atoms with van der Waals surface area (Å²) in [6.45, 7) is 1.94. The molecule has 0 aliphatic carbocycles. The molecule has 0 N–H and O–H groups in total. The van der Waals surface area contributed by atoms with E-state index >= 15 is 0 Å². The van der Waals surface area contributed by atoms with Crippen molar-refractivity contribution in [3.05, 3.63) is 34.6 Å². The van der Waals surface area contributed by atoms with Crippen molar-refractivity contribution < 1.29 is 0 Å². The number of benzene rings is 1. The second kappa shape index (κ2) is 5.31. The molecule has 2 heterocycles. The summed E-state index contributed by atoms with van der Waals surface area (Å²) in [5, 5.41) is 0.864. The van der Waals surface area contributed by atoms with Crippen LogP contribution >= 0.6 is 23.2 Å². The van der Waals surface area contributed by atoms with Gasteiger partial charge in [-0.25, -0.2) is 0 Å². The van der Waals surface area contributed by atoms with E-state index in [4.69, 9.17) is 23.2 Å². The van der Waals surface area contributed by atoms with Gasteiger partial charge in [-0.1, -0.05) is 23.7 Å². The summed E-state index contributed by atoms with van der Waals surface area (Å²) in [4.78, 5) is 15.0. The van der Waals surface area contributed by atoms with Crippen LogP contribution in [0.2, 0.25) is 10.3 Å². The van der Waals surface area contributed by atoms with Crippen molar-refractivity contribution in [3.8, 4) is 11.4 Å². The summed E-state index contributed by atoms with van der Waals surface area (Å²) < 4.78 is 0. The molecule has 1 aromatic carbocycles. The summed E-state index contributed by atoms with van der Waals surface area (Å²) in [7, 11) is 0. The first kappa shape index (κ1) is 12.6. The molecule has 1 aliphatic heterocycles. The number of aromatic nitrogens is 3. The van der Waals surface area contributed by atoms with Crippen LogP contribution in [-0.2, 0) is 0 Å². The molecule has 2 aromatic rings. The van der Waals surface area contributed by atoms with E-state index < -0.39 is 0 Å². The Morgan fingerprint density at radius 2 is 1.79 bits per heavy atom. The molecule has 0 unspecified atom stereocenters. The van der Waals surface area contributed by atoms with Crippen LogP contribution in [0.5, 0.6) is 0 Å². The van der Waals surface area contributed by atoms with Gasteiger partial charge in [-0.3, -0.25) is 0 Å². The Balaban J connectivity index is 2.01. The highest BCUT2D eigenvalue weighted by Crippen LogP contribution is 2.23. The molecule has 1 saturated heterocycles. The van der Waals surface area contributed by atoms with Gasteiger partial charge in [0.05, 0.1) is 0 Å². The number of rotatable bonds is 2. The van der Waals surface area contributed by atoms with E-state index in [2.05, 4.69) is 19.9 Å². The average Bonchev–Trinajstić information content (AvgIpc) is 2.92. The summed E-state index contributed by atoms with van der Waals surface area (Å²) in [6, 6.07) is 7.41. The minimum Gasteiger partial charge on any atom is -0.341 e. The molecule has 0 amide bonds. The van der Waals surface area contributed by atoms with E-state index in [1.807, 2.05) is 24.3 Å². The number of nitrogens with zero attached hydrogens (tertiary/aromatic N) is 4. The largest absolute Gasteiger partial charge is 0.341 e. The minimum atomic E-state index is 0.215. The van der Waals surface area contributed by atoms with Crippen LogP contribution in [0.1, 0.15) is 12.8 Å². The Bertz CT molecular complexity index is 597. The molecule has 1 aromatic heterocycles. The predicted octanol–water partition coefficient (Wildman–Crippen LogP) is 3.45. The highest BCUT2D eigenvalue weighted by molar-refractivity contribution is 6.30. The van der Waals surface area contributed by atoms with Crippen LogP contribution in [0.15, 0.2) is 24.3 Å². The van der Waals surface area contributed by atoms with Crippen LogP contribution in [0.4, 0.5) is 5.95 Å². The van der Waals surface area contributed by atoms with E-state index in [0.717, 1.165) is 31.5 Å². The molecule has 0 saturated carbocycles. The van der Waals surface area contributed by atoms with Crippen molar-refractivity contribution >= 4 is 29.2 Å². The quantitative estimate of drug-likeness (QED) is 0.851. The van der Waals surface area contributed by atoms with Gasteiger partial charge in [0.1, 0.15) is 0 Å². The van der Waals surface area contributed by atoms with Gasteiger partial charge in [0.2, 0.25) is 11.2 Å². The lowest BCUT2D eigenvalue weighted by molar-refractivity contribution is 0.883. The zero-order valence-corrected chi connectivity index (χ0v) is 11.7. The van der Waals surface area contributed by atoms with Crippen LogP contribution in [-0.4, -0.2) is 28.0 Å². The number of anilines is 1. The lowest BCUT2D eigenvalue weighted by Crippen LogP contribution is -2.21. The Morgan fingerprint density at radius 3 is 2.53 bits per heavy atom. The second-order valence-electron chi connectivity index (χ2n) is 4.43. The first-order chi connectivity index (χ1) is 9.22. The van der Waals surface area contributed by atoms with Crippen molar-refractivity contribution in [2.75, 3.05) is 18.0 Å². The molecule has 3 rings (SSSR count). The van der Waals surface area contributed by atoms with Gasteiger partial charge >= 0.3 is 0 Å². The van der Waals surface area contributed by atoms with Gasteiger partial charge in [-0.05, 0) is 36.6 Å². The molecular formula is C13H12Cl2N4. The van der Waals surface area contributed by atoms with Crippen LogP contribution in [0, 0.1) is 0 Å². The van der Waals surface area contributed by atoms with E-state index in [1.54, 1.807) is 0 Å². The van der Waals surface area contributed by atoms with E-state index in [1.165, 1.54) is 0 Å². The third kappa shape index (κ3) is 2.80. The topological polar surface area (TPSA) is 41.9 Å². The molecule has 1 fully saturated rings. The van der Waals surface area contributed by atoms with Gasteiger partial charge in [0.15, 0.2) is 5.82 Å². The SMILES string of the molecule is Clc1cccc(-c2nc(Cl)nc(N3CCCC3)n2)c1. The summed E-state index contributed by atoms with van der Waals surface area (Å²) in [5.74, 6) is 1.21. The maximum Gasteiger partial charge on any atom is 0.230 e. The molecule has 0 atom stereocenters. The van der Waals surface area contributed by atoms with Gasteiger partial charge < -0.3 is 4.90 Å². The third-order valence-corrected chi connectivity index (χ3v) is 3.47. The highest BCUT2D eigenvalue weighted by Gasteiger charge is 2.17. The number of halogens is 2. The normalized spacial score (nSPS) is 14.9. The van der Waals surface area contributed by atoms with Crippen molar-refractivity contribution in [2.45, 2.75) is 12.8 Å². The van der Waals surface area contributed by atoms with E-state index in [-0.39, 0.29) is 5.28 Å². The molecule has 4 nitrogen and oxygen atoms in total. The maximum atomic E-state index is 6.00. The predicted molar refractivity (Wildman–Crippen MR) is 76.7 cm³/mol. The first-order valence-electron chi connectivity index (χ1n) is 6.15. The van der Waals surface area contributed by atoms with Crippen LogP contribution < -0.4 is 4.90 Å². The molecule has 19 heavy (non-hydrogen) atoms. The lowest BCUT2D eigenvalue weighted by Gasteiger charge is -2.15. The standard InChI is InChI=1S/C13H12Cl2N4/c14-10-5-3-4-9(8-10)11-16-12(15)18-13(17-11)19-6-1-2-7-19/h3-5,8H,1-2,6-7H2. The summed E-state index contributed by atoms with van der Waals surface area (Å²) in [5.41, 5.74) is 0.845. The fraction of sp³-hybridized carbons (Fsp3) is 0.308. The monoisotopic (exact) mass is 294 g/mol. The zero-order valence-electron chi connectivity index (χ0n) is 10.2. The molecular weight excluding hydrogens is 283 g/mol. The zero-order chi connectivity index (χ0) is 13.2. The fourth-order valence-electron chi connectivity index (χ4n) is 2.15. The Labute approximate surface area is 121 Å². The van der Waals surface area contributed by atoms with Gasteiger partial charge in [-0.2, -0.15) is 15.0 Å². The van der Waals surface area contributed by atoms with Crippen molar-refractivity contribution in [2.24, 2.45) is 0 Å². The Kier molecular flexibility index (Phi) is 3.53. The number of hydrogen-bond acceptors (Lipinski definition) is 4. The highest BCUT2D eigenvalue weighted by atomic mass is 35.5. The molecule has 1 aliphatic rings. The van der Waals surface area contributed by atoms with Gasteiger partial charge in [0, 0.05) is 23.7 Å². The van der Waals surface area contributed by atoms with Crippen LogP contribution in [0.25, 0.3) is 11.4 Å². The third-order valence-electron chi connectivity index (χ3n) is 3.07. The fourth-order valence-corrected chi connectivity index (χ4v) is 2.50. The molecule has 0 radical (unpaired) electrons. The summed E-state index contributed by atoms with van der Waals surface area (Å²) in [6.07, 6.45) is 2.33. The summed E-state index contributed by atoms with van der Waals surface area (Å²) >= 11 is 12.0. The molecule has 0 spiro atoms. The molecule has 98 valence electrons. The van der Waals surface area contributed by atoms with Gasteiger partial charge in [-0.15, -0.1) is 0 Å². The lowest BCUT2D eigenvalue weighted by atomic mass is 10.2. The van der Waals surface area contributed by atoms with Crippen LogP contribution in [0.3, 0.4) is 0 Å². The van der Waals surface area contributed by atoms with Gasteiger partial charge in [0.25, 0.3) is 0 Å². The Morgan fingerprint density at radius 1 is 1.00 bits per heavy atom. The average molecular weight is 295 g/mol. The first-order valence-corrected chi connectivity index (χ1v) is 6.90. The maximum absolute atomic E-state index is 6.00. The molecule has 0 bridgehead atoms. The van der Waals surface area contributed by atoms with E-state index in [0.29, 0.717) is 16.8 Å².